The third-order valence-electron chi connectivity index (χ3n) is 3.32. The molecule has 0 spiro atoms. The second-order valence-electron chi connectivity index (χ2n) is 4.94. The van der Waals surface area contributed by atoms with E-state index >= 15 is 0 Å². The molecule has 0 bridgehead atoms. The van der Waals surface area contributed by atoms with Gasteiger partial charge in [-0.2, -0.15) is 0 Å². The summed E-state index contributed by atoms with van der Waals surface area (Å²) in [6, 6.07) is 6.45. The number of nitrogens with one attached hydrogen (secondary N) is 2. The number of hydrogen-bond donors (Lipinski definition) is 2. The second-order valence-corrected chi connectivity index (χ2v) is 4.94. The molecule has 0 aromatic heterocycles. The van der Waals surface area contributed by atoms with Gasteiger partial charge in [0.05, 0.1) is 27.9 Å². The molecular formula is C17H18F2N2O4. The van der Waals surface area contributed by atoms with Gasteiger partial charge in [-0.3, -0.25) is 4.79 Å². The monoisotopic (exact) mass is 352 g/mol. The van der Waals surface area contributed by atoms with E-state index in [2.05, 4.69) is 10.6 Å². The number of halogens is 2. The molecular weight excluding hydrogens is 334 g/mol. The van der Waals surface area contributed by atoms with Crippen LogP contribution in [0.4, 0.5) is 20.2 Å². The molecule has 0 saturated carbocycles. The number of amides is 1. The first-order valence-electron chi connectivity index (χ1n) is 7.27. The molecule has 0 atom stereocenters. The average Bonchev–Trinajstić information content (AvgIpc) is 2.61. The lowest BCUT2D eigenvalue weighted by Gasteiger charge is -2.15. The molecule has 25 heavy (non-hydrogen) atoms. The Labute approximate surface area is 143 Å². The topological polar surface area (TPSA) is 68.8 Å². The van der Waals surface area contributed by atoms with E-state index in [0.717, 1.165) is 12.1 Å². The average molecular weight is 352 g/mol. The van der Waals surface area contributed by atoms with E-state index in [0.29, 0.717) is 28.6 Å². The van der Waals surface area contributed by atoms with Crippen LogP contribution in [0.3, 0.4) is 0 Å². The van der Waals surface area contributed by atoms with Crippen LogP contribution in [-0.4, -0.2) is 33.8 Å². The van der Waals surface area contributed by atoms with Gasteiger partial charge in [-0.05, 0) is 12.1 Å². The van der Waals surface area contributed by atoms with Crippen LogP contribution in [0, 0.1) is 11.6 Å². The maximum absolute atomic E-state index is 13.1. The minimum absolute atomic E-state index is 0.137. The summed E-state index contributed by atoms with van der Waals surface area (Å²) in [6.45, 7) is -0.137. The van der Waals surface area contributed by atoms with Crippen molar-refractivity contribution in [1.29, 1.82) is 0 Å². The molecule has 0 saturated heterocycles. The van der Waals surface area contributed by atoms with Gasteiger partial charge in [0, 0.05) is 29.6 Å². The largest absolute Gasteiger partial charge is 0.493 e. The summed E-state index contributed by atoms with van der Waals surface area (Å²) < 4.78 is 41.6. The van der Waals surface area contributed by atoms with E-state index in [1.165, 1.54) is 27.4 Å². The van der Waals surface area contributed by atoms with Gasteiger partial charge in [0.25, 0.3) is 0 Å². The molecule has 0 fully saturated rings. The molecule has 6 nitrogen and oxygen atoms in total. The summed E-state index contributed by atoms with van der Waals surface area (Å²) in [6.07, 6.45) is 0. The maximum Gasteiger partial charge on any atom is 0.243 e. The van der Waals surface area contributed by atoms with E-state index in [9.17, 15) is 13.6 Å². The summed E-state index contributed by atoms with van der Waals surface area (Å²) in [5.41, 5.74) is 0.727. The van der Waals surface area contributed by atoms with Gasteiger partial charge in [0.1, 0.15) is 0 Å². The fourth-order valence-corrected chi connectivity index (χ4v) is 2.15. The van der Waals surface area contributed by atoms with Gasteiger partial charge < -0.3 is 24.8 Å². The minimum Gasteiger partial charge on any atom is -0.493 e. The van der Waals surface area contributed by atoms with Crippen molar-refractivity contribution in [1.82, 2.24) is 0 Å². The van der Waals surface area contributed by atoms with Gasteiger partial charge in [-0.15, -0.1) is 0 Å². The van der Waals surface area contributed by atoms with Crippen LogP contribution in [-0.2, 0) is 4.79 Å². The number of anilines is 2. The first kappa shape index (κ1) is 18.3. The molecule has 1 amide bonds. The predicted octanol–water partition coefficient (Wildman–Crippen LogP) is 3.04. The maximum atomic E-state index is 13.1. The van der Waals surface area contributed by atoms with E-state index < -0.39 is 11.6 Å². The molecule has 0 aliphatic carbocycles. The third-order valence-corrected chi connectivity index (χ3v) is 3.32. The number of methoxy groups -OCH3 is 3. The number of carbonyl (C=O) groups is 1. The molecule has 8 heteroatoms. The van der Waals surface area contributed by atoms with Crippen molar-refractivity contribution < 1.29 is 27.8 Å². The van der Waals surface area contributed by atoms with Gasteiger partial charge in [0.2, 0.25) is 11.7 Å². The van der Waals surface area contributed by atoms with Crippen molar-refractivity contribution >= 4 is 17.3 Å². The Kier molecular flexibility index (Phi) is 5.99. The zero-order chi connectivity index (χ0) is 18.4. The number of rotatable bonds is 7. The minimum atomic E-state index is -0.991. The van der Waals surface area contributed by atoms with Crippen molar-refractivity contribution in [3.63, 3.8) is 0 Å². The highest BCUT2D eigenvalue weighted by Crippen LogP contribution is 2.39. The molecule has 0 aliphatic heterocycles. The highest BCUT2D eigenvalue weighted by Gasteiger charge is 2.14. The van der Waals surface area contributed by atoms with Gasteiger partial charge in [0.15, 0.2) is 23.1 Å². The van der Waals surface area contributed by atoms with E-state index in [1.54, 1.807) is 12.1 Å². The van der Waals surface area contributed by atoms with Crippen molar-refractivity contribution in [2.75, 3.05) is 38.5 Å². The molecule has 134 valence electrons. The van der Waals surface area contributed by atoms with Crippen LogP contribution in [0.15, 0.2) is 30.3 Å². The van der Waals surface area contributed by atoms with E-state index in [1.807, 2.05) is 0 Å². The lowest BCUT2D eigenvalue weighted by molar-refractivity contribution is -0.114. The van der Waals surface area contributed by atoms with Crippen molar-refractivity contribution in [2.24, 2.45) is 0 Å². The molecule has 0 aliphatic rings. The zero-order valence-electron chi connectivity index (χ0n) is 14.0. The van der Waals surface area contributed by atoms with Crippen molar-refractivity contribution in [2.45, 2.75) is 0 Å². The Balaban J connectivity index is 2.05. The summed E-state index contributed by atoms with van der Waals surface area (Å²) in [5, 5.41) is 5.36. The normalized spacial score (nSPS) is 10.1. The number of benzene rings is 2. The lowest BCUT2D eigenvalue weighted by atomic mass is 10.2. The zero-order valence-corrected chi connectivity index (χ0v) is 14.0. The summed E-state index contributed by atoms with van der Waals surface area (Å²) in [4.78, 5) is 12.0. The summed E-state index contributed by atoms with van der Waals surface area (Å²) in [7, 11) is 4.41. The first-order chi connectivity index (χ1) is 12.0. The lowest BCUT2D eigenvalue weighted by Crippen LogP contribution is -2.21. The fourth-order valence-electron chi connectivity index (χ4n) is 2.15. The Morgan fingerprint density at radius 1 is 0.920 bits per heavy atom. The number of carbonyl (C=O) groups excluding carboxylic acids is 1. The Morgan fingerprint density at radius 3 is 2.08 bits per heavy atom. The Morgan fingerprint density at radius 2 is 1.56 bits per heavy atom. The highest BCUT2D eigenvalue weighted by molar-refractivity contribution is 5.94. The molecule has 0 radical (unpaired) electrons. The first-order valence-corrected chi connectivity index (χ1v) is 7.27. The predicted molar refractivity (Wildman–Crippen MR) is 89.6 cm³/mol. The SMILES string of the molecule is COc1cc(NC(=O)CNc2ccc(F)c(F)c2)cc(OC)c1OC. The van der Waals surface area contributed by atoms with Gasteiger partial charge in [-0.1, -0.05) is 0 Å². The van der Waals surface area contributed by atoms with Crippen molar-refractivity contribution in [3.8, 4) is 17.2 Å². The van der Waals surface area contributed by atoms with E-state index in [-0.39, 0.29) is 12.5 Å². The molecule has 2 rings (SSSR count). The Hall–Kier alpha value is -3.03. The molecule has 0 heterocycles. The second kappa shape index (κ2) is 8.18. The van der Waals surface area contributed by atoms with Crippen LogP contribution in [0.5, 0.6) is 17.2 Å². The number of ether oxygens (including phenoxy) is 3. The molecule has 2 aromatic carbocycles. The molecule has 0 unspecified atom stereocenters. The smallest absolute Gasteiger partial charge is 0.243 e. The quantitative estimate of drug-likeness (QED) is 0.802. The van der Waals surface area contributed by atoms with Crippen molar-refractivity contribution in [3.05, 3.63) is 42.0 Å². The standard InChI is InChI=1S/C17H18F2N2O4/c1-23-14-7-11(8-15(24-2)17(14)25-3)21-16(22)9-20-10-4-5-12(18)13(19)6-10/h4-8,20H,9H2,1-3H3,(H,21,22). The highest BCUT2D eigenvalue weighted by atomic mass is 19.2. The van der Waals surface area contributed by atoms with E-state index in [4.69, 9.17) is 14.2 Å². The number of hydrogen-bond acceptors (Lipinski definition) is 5. The van der Waals surface area contributed by atoms with Gasteiger partial charge >= 0.3 is 0 Å². The third kappa shape index (κ3) is 4.50. The van der Waals surface area contributed by atoms with Gasteiger partial charge in [-0.25, -0.2) is 8.78 Å². The summed E-state index contributed by atoms with van der Waals surface area (Å²) in [5.74, 6) is -1.14. The fraction of sp³-hybridized carbons (Fsp3) is 0.235. The van der Waals surface area contributed by atoms with Crippen LogP contribution < -0.4 is 24.8 Å². The molecule has 2 N–H and O–H groups in total. The molecule has 2 aromatic rings. The van der Waals surface area contributed by atoms with Crippen LogP contribution in [0.2, 0.25) is 0 Å². The van der Waals surface area contributed by atoms with Crippen LogP contribution in [0.1, 0.15) is 0 Å². The Bertz CT molecular complexity index is 743. The van der Waals surface area contributed by atoms with Crippen LogP contribution in [0.25, 0.3) is 0 Å². The van der Waals surface area contributed by atoms with Crippen LogP contribution >= 0.6 is 0 Å². The summed E-state index contributed by atoms with van der Waals surface area (Å²) >= 11 is 0.